The number of rotatable bonds is 1. The molecule has 2 nitrogen and oxygen atoms in total. The van der Waals surface area contributed by atoms with E-state index in [1.54, 1.807) is 0 Å². The molecule has 28 heavy (non-hydrogen) atoms. The Labute approximate surface area is 163 Å². The zero-order chi connectivity index (χ0) is 18.7. The smallest absolute Gasteiger partial charge is 0.135 e. The first-order chi connectivity index (χ1) is 13.8. The molecule has 5 aromatic rings. The fraction of sp³-hybridized carbons (Fsp3) is 0.0769. The number of nitrogens with zero attached hydrogens (tertiary/aromatic N) is 1. The van der Waals surface area contributed by atoms with Gasteiger partial charge in [0.1, 0.15) is 11.2 Å². The second kappa shape index (κ2) is 5.74. The molecule has 0 fully saturated rings. The Morgan fingerprint density at radius 3 is 2.43 bits per heavy atom. The van der Waals surface area contributed by atoms with E-state index >= 15 is 0 Å². The lowest BCUT2D eigenvalue weighted by Crippen LogP contribution is -1.92. The summed E-state index contributed by atoms with van der Waals surface area (Å²) in [5.41, 5.74) is 6.99. The van der Waals surface area contributed by atoms with Gasteiger partial charge >= 0.3 is 0 Å². The molecule has 0 saturated heterocycles. The van der Waals surface area contributed by atoms with Crippen LogP contribution in [0.15, 0.2) is 83.3 Å². The van der Waals surface area contributed by atoms with E-state index in [0.29, 0.717) is 0 Å². The van der Waals surface area contributed by atoms with E-state index < -0.39 is 0 Å². The van der Waals surface area contributed by atoms with E-state index in [1.807, 2.05) is 12.1 Å². The minimum absolute atomic E-state index is 0.205. The van der Waals surface area contributed by atoms with Gasteiger partial charge in [0.05, 0.1) is 0 Å². The predicted octanol–water partition coefficient (Wildman–Crippen LogP) is 6.90. The molecule has 3 aromatic carbocycles. The van der Waals surface area contributed by atoms with E-state index in [9.17, 15) is 0 Å². The van der Waals surface area contributed by atoms with Crippen LogP contribution in [-0.2, 0) is 7.05 Å². The summed E-state index contributed by atoms with van der Waals surface area (Å²) in [6.45, 7) is 0. The largest absolute Gasteiger partial charge is 0.456 e. The second-order valence-corrected chi connectivity index (χ2v) is 7.44. The fourth-order valence-electron chi connectivity index (χ4n) is 4.57. The van der Waals surface area contributed by atoms with E-state index in [1.165, 1.54) is 38.5 Å². The third-order valence-electron chi connectivity index (χ3n) is 5.92. The molecule has 6 rings (SSSR count). The normalized spacial score (nSPS) is 16.1. The van der Waals surface area contributed by atoms with Gasteiger partial charge in [0.2, 0.25) is 0 Å². The molecule has 0 aliphatic heterocycles. The van der Waals surface area contributed by atoms with Gasteiger partial charge in [-0.3, -0.25) is 0 Å². The quantitative estimate of drug-likeness (QED) is 0.317. The average Bonchev–Trinajstić information content (AvgIpc) is 3.14. The molecule has 1 aliphatic rings. The van der Waals surface area contributed by atoms with Crippen molar-refractivity contribution in [2.75, 3.05) is 0 Å². The molecule has 2 aromatic heterocycles. The van der Waals surface area contributed by atoms with Crippen LogP contribution in [0.3, 0.4) is 0 Å². The molecule has 134 valence electrons. The van der Waals surface area contributed by atoms with Gasteiger partial charge in [-0.05, 0) is 29.8 Å². The highest BCUT2D eigenvalue weighted by molar-refractivity contribution is 6.07. The average molecular weight is 361 g/mol. The van der Waals surface area contributed by atoms with Gasteiger partial charge in [-0.25, -0.2) is 0 Å². The van der Waals surface area contributed by atoms with Crippen LogP contribution in [0, 0.1) is 0 Å². The van der Waals surface area contributed by atoms with Crippen LogP contribution >= 0.6 is 0 Å². The number of hydrogen-bond donors (Lipinski definition) is 0. The Bertz CT molecular complexity index is 1430. The lowest BCUT2D eigenvalue weighted by atomic mass is 9.93. The van der Waals surface area contributed by atoms with Gasteiger partial charge in [-0.15, -0.1) is 0 Å². The Hall–Kier alpha value is -3.52. The fourth-order valence-corrected chi connectivity index (χ4v) is 4.57. The summed E-state index contributed by atoms with van der Waals surface area (Å²) in [4.78, 5) is 0. The zero-order valence-electron chi connectivity index (χ0n) is 15.6. The first-order valence-electron chi connectivity index (χ1n) is 9.65. The third kappa shape index (κ3) is 2.09. The molecular formula is C26H19NO. The molecule has 1 aliphatic carbocycles. The van der Waals surface area contributed by atoms with Crippen molar-refractivity contribution in [1.29, 1.82) is 0 Å². The van der Waals surface area contributed by atoms with Gasteiger partial charge in [0, 0.05) is 45.9 Å². The van der Waals surface area contributed by atoms with Crippen molar-refractivity contribution in [3.05, 3.63) is 95.7 Å². The summed E-state index contributed by atoms with van der Waals surface area (Å²) in [5.74, 6) is 0.205. The minimum atomic E-state index is 0.205. The monoisotopic (exact) mass is 361 g/mol. The van der Waals surface area contributed by atoms with E-state index in [4.69, 9.17) is 4.42 Å². The predicted molar refractivity (Wildman–Crippen MR) is 117 cm³/mol. The summed E-state index contributed by atoms with van der Waals surface area (Å²) in [6, 6.07) is 23.3. The lowest BCUT2D eigenvalue weighted by Gasteiger charge is -2.09. The van der Waals surface area contributed by atoms with Gasteiger partial charge in [-0.2, -0.15) is 0 Å². The van der Waals surface area contributed by atoms with Gasteiger partial charge in [-0.1, -0.05) is 66.8 Å². The number of allylic oxidation sites excluding steroid dienone is 2. The first-order valence-corrected chi connectivity index (χ1v) is 9.65. The molecule has 2 heteroatoms. The maximum absolute atomic E-state index is 6.09. The summed E-state index contributed by atoms with van der Waals surface area (Å²) >= 11 is 0. The van der Waals surface area contributed by atoms with E-state index in [2.05, 4.69) is 90.5 Å². The molecule has 0 bridgehead atoms. The maximum atomic E-state index is 6.09. The van der Waals surface area contributed by atoms with E-state index in [0.717, 1.165) is 11.2 Å². The van der Waals surface area contributed by atoms with Crippen LogP contribution in [-0.4, -0.2) is 4.57 Å². The van der Waals surface area contributed by atoms with Crippen LogP contribution in [0.25, 0.3) is 45.0 Å². The highest BCUT2D eigenvalue weighted by Crippen LogP contribution is 2.38. The number of para-hydroxylation sites is 2. The Kier molecular flexibility index (Phi) is 3.18. The topological polar surface area (TPSA) is 18.1 Å². The number of furan rings is 1. The highest BCUT2D eigenvalue weighted by Gasteiger charge is 2.18. The number of fused-ring (bicyclic) bond motifs is 6. The molecule has 0 amide bonds. The summed E-state index contributed by atoms with van der Waals surface area (Å²) in [5, 5.41) is 3.70. The van der Waals surface area contributed by atoms with Crippen LogP contribution in [0.4, 0.5) is 0 Å². The third-order valence-corrected chi connectivity index (χ3v) is 5.92. The molecule has 0 spiro atoms. The van der Waals surface area contributed by atoms with Gasteiger partial charge in [0.15, 0.2) is 0 Å². The number of benzene rings is 3. The lowest BCUT2D eigenvalue weighted by molar-refractivity contribution is 0.668. The molecule has 0 radical (unpaired) electrons. The van der Waals surface area contributed by atoms with Crippen LogP contribution in [0.1, 0.15) is 22.7 Å². The van der Waals surface area contributed by atoms with Crippen molar-refractivity contribution in [1.82, 2.24) is 4.57 Å². The van der Waals surface area contributed by atoms with Crippen LogP contribution in [0.2, 0.25) is 0 Å². The van der Waals surface area contributed by atoms with Crippen molar-refractivity contribution < 1.29 is 4.42 Å². The van der Waals surface area contributed by atoms with Gasteiger partial charge in [0.25, 0.3) is 0 Å². The summed E-state index contributed by atoms with van der Waals surface area (Å²) in [7, 11) is 2.14. The van der Waals surface area contributed by atoms with Crippen molar-refractivity contribution in [3.63, 3.8) is 0 Å². The van der Waals surface area contributed by atoms with E-state index in [-0.39, 0.29) is 5.92 Å². The van der Waals surface area contributed by atoms with Crippen molar-refractivity contribution in [2.45, 2.75) is 5.92 Å². The Balaban J connectivity index is 1.56. The molecule has 1 atom stereocenters. The standard InChI is InChI=1S/C26H19NO/c1-27-22-10-4-2-7-19(22)20-15-13-17(14-16-23(20)27)18-9-6-12-25-26(18)21-8-3-5-11-24(21)28-25/h2-17H,1H3. The Morgan fingerprint density at radius 2 is 1.50 bits per heavy atom. The highest BCUT2D eigenvalue weighted by atomic mass is 16.3. The Morgan fingerprint density at radius 1 is 0.750 bits per heavy atom. The van der Waals surface area contributed by atoms with Crippen molar-refractivity contribution in [3.8, 4) is 0 Å². The molecule has 0 N–H and O–H groups in total. The zero-order valence-corrected chi connectivity index (χ0v) is 15.6. The molecule has 2 heterocycles. The van der Waals surface area contributed by atoms with Crippen molar-refractivity contribution in [2.24, 2.45) is 7.05 Å². The molecule has 0 saturated carbocycles. The van der Waals surface area contributed by atoms with Crippen molar-refractivity contribution >= 4 is 45.0 Å². The summed E-state index contributed by atoms with van der Waals surface area (Å²) < 4.78 is 8.37. The summed E-state index contributed by atoms with van der Waals surface area (Å²) in [6.07, 6.45) is 9.16. The second-order valence-electron chi connectivity index (χ2n) is 7.44. The van der Waals surface area contributed by atoms with Gasteiger partial charge < -0.3 is 8.98 Å². The SMILES string of the molecule is Cn1c2c(c3ccccc31)C=CC(c1cccc3oc4ccccc4c13)C=C2. The number of hydrogen-bond acceptors (Lipinski definition) is 1. The maximum Gasteiger partial charge on any atom is 0.135 e. The molecule has 1 unspecified atom stereocenters. The van der Waals surface area contributed by atoms with Crippen LogP contribution in [0.5, 0.6) is 0 Å². The number of aromatic nitrogens is 1. The number of aryl methyl sites for hydroxylation is 1. The minimum Gasteiger partial charge on any atom is -0.456 e. The first kappa shape index (κ1) is 15.5. The van der Waals surface area contributed by atoms with Crippen LogP contribution < -0.4 is 0 Å². The molecular weight excluding hydrogens is 342 g/mol.